The molecule has 1 saturated heterocycles. The maximum atomic E-state index is 13.5. The van der Waals surface area contributed by atoms with Gasteiger partial charge in [-0.1, -0.05) is 18.2 Å². The smallest absolute Gasteiger partial charge is 0.257 e. The number of nitrogens with one attached hydrogen (secondary N) is 1. The number of likely N-dealkylation sites (tertiary alicyclic amines) is 1. The Morgan fingerprint density at radius 3 is 2.46 bits per heavy atom. The van der Waals surface area contributed by atoms with Gasteiger partial charge in [-0.15, -0.1) is 0 Å². The first-order valence-electron chi connectivity index (χ1n) is 8.57. The van der Waals surface area contributed by atoms with Crippen LogP contribution in [0.25, 0.3) is 0 Å². The van der Waals surface area contributed by atoms with Gasteiger partial charge in [0, 0.05) is 24.7 Å². The lowest BCUT2D eigenvalue weighted by Crippen LogP contribution is -2.46. The molecule has 2 amide bonds. The molecule has 1 N–H and O–H groups in total. The van der Waals surface area contributed by atoms with Crippen molar-refractivity contribution in [2.75, 3.05) is 20.2 Å². The first-order valence-corrected chi connectivity index (χ1v) is 8.57. The number of benzene rings is 2. The Hall–Kier alpha value is -2.89. The molecule has 0 saturated carbocycles. The zero-order valence-electron chi connectivity index (χ0n) is 14.6. The molecule has 1 heterocycles. The van der Waals surface area contributed by atoms with Gasteiger partial charge >= 0.3 is 0 Å². The minimum absolute atomic E-state index is 0.0150. The van der Waals surface area contributed by atoms with Crippen LogP contribution >= 0.6 is 0 Å². The van der Waals surface area contributed by atoms with Crippen molar-refractivity contribution in [3.63, 3.8) is 0 Å². The molecule has 0 unspecified atom stereocenters. The molecule has 0 aromatic heterocycles. The average Bonchev–Trinajstić information content (AvgIpc) is 2.68. The second-order valence-electron chi connectivity index (χ2n) is 6.25. The van der Waals surface area contributed by atoms with E-state index in [2.05, 4.69) is 5.32 Å². The van der Waals surface area contributed by atoms with Gasteiger partial charge in [-0.05, 0) is 43.2 Å². The monoisotopic (exact) mass is 356 g/mol. The Bertz CT molecular complexity index is 787. The summed E-state index contributed by atoms with van der Waals surface area (Å²) >= 11 is 0. The number of rotatable bonds is 4. The summed E-state index contributed by atoms with van der Waals surface area (Å²) in [5.74, 6) is -0.480. The van der Waals surface area contributed by atoms with Crippen molar-refractivity contribution in [2.24, 2.45) is 0 Å². The van der Waals surface area contributed by atoms with Gasteiger partial charge in [-0.2, -0.15) is 0 Å². The van der Waals surface area contributed by atoms with E-state index < -0.39 is 5.82 Å². The number of carbonyl (C=O) groups excluding carboxylic acids is 2. The first kappa shape index (κ1) is 17.9. The lowest BCUT2D eigenvalue weighted by atomic mass is 10.0. The molecule has 1 aliphatic heterocycles. The van der Waals surface area contributed by atoms with Crippen molar-refractivity contribution in [3.05, 3.63) is 65.5 Å². The zero-order chi connectivity index (χ0) is 18.5. The van der Waals surface area contributed by atoms with E-state index in [4.69, 9.17) is 4.74 Å². The molecule has 2 aromatic rings. The summed E-state index contributed by atoms with van der Waals surface area (Å²) in [5, 5.41) is 3.00. The molecule has 6 heteroatoms. The highest BCUT2D eigenvalue weighted by atomic mass is 19.1. The quantitative estimate of drug-likeness (QED) is 0.916. The van der Waals surface area contributed by atoms with Crippen LogP contribution in [-0.4, -0.2) is 43.0 Å². The molecule has 0 radical (unpaired) electrons. The van der Waals surface area contributed by atoms with Gasteiger partial charge < -0.3 is 15.0 Å². The van der Waals surface area contributed by atoms with Crippen LogP contribution in [0.2, 0.25) is 0 Å². The number of ether oxygens (including phenoxy) is 1. The van der Waals surface area contributed by atoms with E-state index in [1.165, 1.54) is 25.3 Å². The number of halogens is 1. The van der Waals surface area contributed by atoms with E-state index in [9.17, 15) is 14.0 Å². The Morgan fingerprint density at radius 1 is 1.12 bits per heavy atom. The second-order valence-corrected chi connectivity index (χ2v) is 6.25. The maximum Gasteiger partial charge on any atom is 0.257 e. The van der Waals surface area contributed by atoms with Gasteiger partial charge in [0.2, 0.25) is 0 Å². The highest BCUT2D eigenvalue weighted by Crippen LogP contribution is 2.23. The molecule has 5 nitrogen and oxygen atoms in total. The summed E-state index contributed by atoms with van der Waals surface area (Å²) in [6, 6.07) is 13.0. The van der Waals surface area contributed by atoms with E-state index in [0.717, 1.165) is 0 Å². The van der Waals surface area contributed by atoms with Crippen LogP contribution in [0.1, 0.15) is 33.6 Å². The number of piperidine rings is 1. The molecule has 3 rings (SSSR count). The molecule has 0 spiro atoms. The first-order chi connectivity index (χ1) is 12.6. The van der Waals surface area contributed by atoms with Crippen LogP contribution in [0.5, 0.6) is 5.75 Å². The van der Waals surface area contributed by atoms with Crippen LogP contribution in [0.3, 0.4) is 0 Å². The fraction of sp³-hybridized carbons (Fsp3) is 0.300. The molecule has 0 atom stereocenters. The highest BCUT2D eigenvalue weighted by molar-refractivity contribution is 5.97. The predicted molar refractivity (Wildman–Crippen MR) is 95.8 cm³/mol. The largest absolute Gasteiger partial charge is 0.496 e. The number of hydrogen-bond acceptors (Lipinski definition) is 3. The number of nitrogens with zero attached hydrogens (tertiary/aromatic N) is 1. The van der Waals surface area contributed by atoms with Crippen LogP contribution in [0, 0.1) is 5.82 Å². The van der Waals surface area contributed by atoms with Gasteiger partial charge in [0.05, 0.1) is 12.7 Å². The van der Waals surface area contributed by atoms with Crippen LogP contribution in [0.4, 0.5) is 4.39 Å². The predicted octanol–water partition coefficient (Wildman–Crippen LogP) is 2.87. The third-order valence-corrected chi connectivity index (χ3v) is 4.55. The molecule has 0 bridgehead atoms. The topological polar surface area (TPSA) is 58.6 Å². The Morgan fingerprint density at radius 2 is 1.81 bits per heavy atom. The van der Waals surface area contributed by atoms with Gasteiger partial charge in [0.15, 0.2) is 0 Å². The van der Waals surface area contributed by atoms with Crippen molar-refractivity contribution >= 4 is 11.8 Å². The average molecular weight is 356 g/mol. The SMILES string of the molecule is COc1ccc(F)cc1C(=O)N1CCC(NC(=O)c2ccccc2)CC1. The molecule has 2 aromatic carbocycles. The normalized spacial score (nSPS) is 14.8. The summed E-state index contributed by atoms with van der Waals surface area (Å²) in [6.45, 7) is 0.997. The zero-order valence-corrected chi connectivity index (χ0v) is 14.6. The van der Waals surface area contributed by atoms with E-state index in [-0.39, 0.29) is 23.4 Å². The van der Waals surface area contributed by atoms with Gasteiger partial charge in [0.25, 0.3) is 11.8 Å². The van der Waals surface area contributed by atoms with Crippen molar-refractivity contribution in [2.45, 2.75) is 18.9 Å². The summed E-state index contributed by atoms with van der Waals surface area (Å²) < 4.78 is 18.7. The van der Waals surface area contributed by atoms with Gasteiger partial charge in [-0.25, -0.2) is 4.39 Å². The highest BCUT2D eigenvalue weighted by Gasteiger charge is 2.26. The van der Waals surface area contributed by atoms with E-state index in [1.807, 2.05) is 18.2 Å². The summed E-state index contributed by atoms with van der Waals surface area (Å²) in [5.41, 5.74) is 0.842. The third-order valence-electron chi connectivity index (χ3n) is 4.55. The van der Waals surface area contributed by atoms with Crippen molar-refractivity contribution in [1.29, 1.82) is 0 Å². The maximum absolute atomic E-state index is 13.5. The Balaban J connectivity index is 1.59. The van der Waals surface area contributed by atoms with Crippen LogP contribution < -0.4 is 10.1 Å². The second kappa shape index (κ2) is 7.99. The van der Waals surface area contributed by atoms with E-state index in [1.54, 1.807) is 17.0 Å². The molecular formula is C20H21FN2O3. The number of hydrogen-bond donors (Lipinski definition) is 1. The Labute approximate surface area is 151 Å². The van der Waals surface area contributed by atoms with E-state index in [0.29, 0.717) is 37.2 Å². The van der Waals surface area contributed by atoms with Crippen LogP contribution in [-0.2, 0) is 0 Å². The number of carbonyl (C=O) groups is 2. The number of methoxy groups -OCH3 is 1. The standard InChI is InChI=1S/C20H21FN2O3/c1-26-18-8-7-15(21)13-17(18)20(25)23-11-9-16(10-12-23)22-19(24)14-5-3-2-4-6-14/h2-8,13,16H,9-12H2,1H3,(H,22,24). The van der Waals surface area contributed by atoms with Crippen LogP contribution in [0.15, 0.2) is 48.5 Å². The molecule has 26 heavy (non-hydrogen) atoms. The lowest BCUT2D eigenvalue weighted by Gasteiger charge is -2.32. The minimum Gasteiger partial charge on any atom is -0.496 e. The van der Waals surface area contributed by atoms with Crippen molar-refractivity contribution in [1.82, 2.24) is 10.2 Å². The molecule has 1 aliphatic rings. The van der Waals surface area contributed by atoms with Gasteiger partial charge in [-0.3, -0.25) is 9.59 Å². The Kier molecular flexibility index (Phi) is 5.51. The third kappa shape index (κ3) is 4.02. The van der Waals surface area contributed by atoms with Crippen molar-refractivity contribution < 1.29 is 18.7 Å². The van der Waals surface area contributed by atoms with Gasteiger partial charge in [0.1, 0.15) is 11.6 Å². The summed E-state index contributed by atoms with van der Waals surface area (Å²) in [6.07, 6.45) is 1.31. The number of amides is 2. The fourth-order valence-corrected chi connectivity index (χ4v) is 3.10. The van der Waals surface area contributed by atoms with E-state index >= 15 is 0 Å². The van der Waals surface area contributed by atoms with Crippen molar-refractivity contribution in [3.8, 4) is 5.75 Å². The molecule has 0 aliphatic carbocycles. The summed E-state index contributed by atoms with van der Waals surface area (Å²) in [7, 11) is 1.45. The fourth-order valence-electron chi connectivity index (χ4n) is 3.10. The molecular weight excluding hydrogens is 335 g/mol. The minimum atomic E-state index is -0.473. The molecule has 1 fully saturated rings. The lowest BCUT2D eigenvalue weighted by molar-refractivity contribution is 0.0694. The summed E-state index contributed by atoms with van der Waals surface area (Å²) in [4.78, 5) is 26.6. The molecule has 136 valence electrons.